The van der Waals surface area contributed by atoms with Crippen molar-refractivity contribution in [2.45, 2.75) is 19.9 Å². The topological polar surface area (TPSA) is 77.1 Å². The minimum atomic E-state index is -0.0868. The van der Waals surface area contributed by atoms with Crippen molar-refractivity contribution in [3.8, 4) is 11.4 Å². The molecule has 126 valence electrons. The van der Waals surface area contributed by atoms with Gasteiger partial charge in [0, 0.05) is 30.6 Å². The lowest BCUT2D eigenvalue weighted by molar-refractivity contribution is -0.114. The summed E-state index contributed by atoms with van der Waals surface area (Å²) >= 11 is 1.51. The van der Waals surface area contributed by atoms with Crippen LogP contribution >= 0.6 is 11.3 Å². The Kier molecular flexibility index (Phi) is 3.81. The van der Waals surface area contributed by atoms with Crippen LogP contribution in [0.3, 0.4) is 0 Å². The van der Waals surface area contributed by atoms with E-state index in [1.54, 1.807) is 16.2 Å². The average molecular weight is 352 g/mol. The van der Waals surface area contributed by atoms with E-state index in [0.717, 1.165) is 27.7 Å². The third-order valence-electron chi connectivity index (χ3n) is 3.98. The Labute approximate surface area is 148 Å². The van der Waals surface area contributed by atoms with Gasteiger partial charge >= 0.3 is 0 Å². The maximum Gasteiger partial charge on any atom is 0.221 e. The van der Waals surface area contributed by atoms with Gasteiger partial charge in [-0.05, 0) is 31.2 Å². The van der Waals surface area contributed by atoms with Crippen LogP contribution in [0.5, 0.6) is 0 Å². The lowest BCUT2D eigenvalue weighted by Gasteiger charge is -2.14. The molecule has 3 heterocycles. The minimum Gasteiger partial charge on any atom is -0.326 e. The van der Waals surface area contributed by atoms with Crippen LogP contribution in [0.1, 0.15) is 25.6 Å². The van der Waals surface area contributed by atoms with Crippen LogP contribution < -0.4 is 5.32 Å². The second kappa shape index (κ2) is 6.14. The lowest BCUT2D eigenvalue weighted by atomic mass is 10.1. The fourth-order valence-corrected chi connectivity index (χ4v) is 3.36. The van der Waals surface area contributed by atoms with Crippen LogP contribution in [-0.2, 0) is 4.79 Å². The fraction of sp³-hybridized carbons (Fsp3) is 0.176. The number of benzene rings is 1. The highest BCUT2D eigenvalue weighted by Gasteiger charge is 2.17. The highest BCUT2D eigenvalue weighted by atomic mass is 32.1. The van der Waals surface area contributed by atoms with Gasteiger partial charge in [0.1, 0.15) is 11.3 Å². The number of hydrogen-bond donors (Lipinski definition) is 1. The second-order valence-electron chi connectivity index (χ2n) is 5.72. The molecule has 4 aromatic rings. The summed E-state index contributed by atoms with van der Waals surface area (Å²) in [6, 6.07) is 7.67. The van der Waals surface area contributed by atoms with Crippen molar-refractivity contribution in [3.05, 3.63) is 54.1 Å². The predicted octanol–water partition coefficient (Wildman–Crippen LogP) is 3.22. The normalized spacial score (nSPS) is 12.4. The van der Waals surface area contributed by atoms with Gasteiger partial charge in [0.25, 0.3) is 0 Å². The van der Waals surface area contributed by atoms with Crippen molar-refractivity contribution in [3.63, 3.8) is 0 Å². The zero-order valence-electron chi connectivity index (χ0n) is 13.7. The van der Waals surface area contributed by atoms with Crippen molar-refractivity contribution >= 4 is 27.9 Å². The maximum atomic E-state index is 11.1. The van der Waals surface area contributed by atoms with E-state index < -0.39 is 0 Å². The van der Waals surface area contributed by atoms with Gasteiger partial charge < -0.3 is 9.88 Å². The van der Waals surface area contributed by atoms with Crippen LogP contribution in [0.25, 0.3) is 16.3 Å². The molecule has 25 heavy (non-hydrogen) atoms. The Morgan fingerprint density at radius 2 is 2.08 bits per heavy atom. The largest absolute Gasteiger partial charge is 0.326 e. The monoisotopic (exact) mass is 352 g/mol. The number of aromatic nitrogens is 5. The first-order valence-electron chi connectivity index (χ1n) is 7.81. The number of nitrogens with zero attached hydrogens (tertiary/aromatic N) is 5. The number of anilines is 1. The molecular formula is C17H16N6OS. The Morgan fingerprint density at radius 1 is 1.28 bits per heavy atom. The molecule has 0 bridgehead atoms. The minimum absolute atomic E-state index is 0.0291. The van der Waals surface area contributed by atoms with Gasteiger partial charge in [-0.15, -0.1) is 0 Å². The molecule has 1 amide bonds. The van der Waals surface area contributed by atoms with Crippen LogP contribution in [0, 0.1) is 0 Å². The molecule has 0 saturated carbocycles. The first-order valence-corrected chi connectivity index (χ1v) is 8.69. The zero-order chi connectivity index (χ0) is 17.4. The zero-order valence-corrected chi connectivity index (χ0v) is 14.6. The van der Waals surface area contributed by atoms with Crippen LogP contribution in [0.15, 0.2) is 48.4 Å². The maximum absolute atomic E-state index is 11.1. The number of nitrogens with one attached hydrogen (secondary N) is 1. The molecule has 0 aliphatic carbocycles. The van der Waals surface area contributed by atoms with E-state index in [1.165, 1.54) is 18.3 Å². The third kappa shape index (κ3) is 2.91. The molecule has 0 radical (unpaired) electrons. The quantitative estimate of drug-likeness (QED) is 0.612. The number of fused-ring (bicyclic) bond motifs is 1. The van der Waals surface area contributed by atoms with Crippen molar-refractivity contribution < 1.29 is 4.79 Å². The Balaban J connectivity index is 1.65. The molecule has 7 nitrogen and oxygen atoms in total. The molecule has 4 rings (SSSR count). The average Bonchev–Trinajstić information content (AvgIpc) is 3.30. The Bertz CT molecular complexity index is 1000. The third-order valence-corrected chi connectivity index (χ3v) is 4.67. The van der Waals surface area contributed by atoms with E-state index in [4.69, 9.17) is 0 Å². The first-order chi connectivity index (χ1) is 12.1. The van der Waals surface area contributed by atoms with Gasteiger partial charge in [-0.3, -0.25) is 4.79 Å². The molecule has 1 aromatic carbocycles. The van der Waals surface area contributed by atoms with E-state index >= 15 is 0 Å². The number of carbonyl (C=O) groups excluding carboxylic acids is 1. The van der Waals surface area contributed by atoms with Gasteiger partial charge in [-0.25, -0.2) is 14.5 Å². The van der Waals surface area contributed by atoms with E-state index in [0.29, 0.717) is 0 Å². The number of amides is 1. The summed E-state index contributed by atoms with van der Waals surface area (Å²) in [6.45, 7) is 3.58. The van der Waals surface area contributed by atoms with Crippen molar-refractivity contribution in [2.24, 2.45) is 0 Å². The van der Waals surface area contributed by atoms with Crippen molar-refractivity contribution in [1.29, 1.82) is 0 Å². The summed E-state index contributed by atoms with van der Waals surface area (Å²) in [5.74, 6) is 0.766. The van der Waals surface area contributed by atoms with Crippen LogP contribution in [0.2, 0.25) is 0 Å². The number of rotatable bonds is 4. The highest BCUT2D eigenvalue weighted by molar-refractivity contribution is 7.14. The fourth-order valence-electron chi connectivity index (χ4n) is 2.75. The van der Waals surface area contributed by atoms with Crippen LogP contribution in [-0.4, -0.2) is 30.1 Å². The van der Waals surface area contributed by atoms with Gasteiger partial charge in [0.2, 0.25) is 10.9 Å². The summed E-state index contributed by atoms with van der Waals surface area (Å²) in [5, 5.41) is 7.00. The molecule has 0 fully saturated rings. The molecule has 8 heteroatoms. The number of hydrogen-bond acceptors (Lipinski definition) is 5. The van der Waals surface area contributed by atoms with Crippen molar-refractivity contribution in [1.82, 2.24) is 24.1 Å². The van der Waals surface area contributed by atoms with E-state index in [1.807, 2.05) is 36.7 Å². The van der Waals surface area contributed by atoms with Gasteiger partial charge in [-0.1, -0.05) is 11.3 Å². The second-order valence-corrected chi connectivity index (χ2v) is 6.54. The first kappa shape index (κ1) is 15.5. The smallest absolute Gasteiger partial charge is 0.221 e. The van der Waals surface area contributed by atoms with Crippen molar-refractivity contribution in [2.75, 3.05) is 5.32 Å². The van der Waals surface area contributed by atoms with E-state index in [-0.39, 0.29) is 11.9 Å². The molecular weight excluding hydrogens is 336 g/mol. The number of carbonyl (C=O) groups is 1. The Hall–Kier alpha value is -3.00. The molecule has 0 unspecified atom stereocenters. The number of imidazole rings is 2. The standard InChI is InChI=1S/C17H16N6OS/c1-11(15-9-23-17(21-15)25-10-19-23)22-8-7-18-16(22)13-3-5-14(6-4-13)20-12(2)24/h3-11H,1-2H3,(H,20,24)/t11-/m1/s1. The molecule has 1 N–H and O–H groups in total. The molecule has 0 aliphatic heterocycles. The Morgan fingerprint density at radius 3 is 2.80 bits per heavy atom. The van der Waals surface area contributed by atoms with E-state index in [2.05, 4.69) is 31.9 Å². The van der Waals surface area contributed by atoms with Gasteiger partial charge in [0.15, 0.2) is 0 Å². The van der Waals surface area contributed by atoms with E-state index in [9.17, 15) is 4.79 Å². The predicted molar refractivity (Wildman–Crippen MR) is 96.6 cm³/mol. The van der Waals surface area contributed by atoms with Crippen LogP contribution in [0.4, 0.5) is 5.69 Å². The SMILES string of the molecule is CC(=O)Nc1ccc(-c2nccn2[C@H](C)c2cn3ncsc3n2)cc1. The highest BCUT2D eigenvalue weighted by Crippen LogP contribution is 2.26. The van der Waals surface area contributed by atoms with Gasteiger partial charge in [0.05, 0.1) is 17.9 Å². The molecule has 1 atom stereocenters. The summed E-state index contributed by atoms with van der Waals surface area (Å²) in [6.07, 6.45) is 5.67. The summed E-state index contributed by atoms with van der Waals surface area (Å²) in [5.41, 5.74) is 4.46. The van der Waals surface area contributed by atoms with Gasteiger partial charge in [-0.2, -0.15) is 5.10 Å². The summed E-state index contributed by atoms with van der Waals surface area (Å²) < 4.78 is 3.87. The molecule has 0 aliphatic rings. The summed E-state index contributed by atoms with van der Waals surface area (Å²) in [4.78, 5) is 21.1. The molecule has 0 spiro atoms. The lowest BCUT2D eigenvalue weighted by Crippen LogP contribution is -2.08. The molecule has 3 aromatic heterocycles. The molecule has 0 saturated heterocycles. The summed E-state index contributed by atoms with van der Waals surface area (Å²) in [7, 11) is 0.